The molecule has 1 atom stereocenters. The van der Waals surface area contributed by atoms with Gasteiger partial charge in [-0.25, -0.2) is 14.4 Å². The molecule has 1 aromatic carbocycles. The molecule has 1 unspecified atom stereocenters. The Morgan fingerprint density at radius 2 is 1.43 bits per heavy atom. The predicted molar refractivity (Wildman–Crippen MR) is 107 cm³/mol. The number of ether oxygens (including phenoxy) is 1. The van der Waals surface area contributed by atoms with Crippen LogP contribution in [0.25, 0.3) is 0 Å². The van der Waals surface area contributed by atoms with E-state index in [1.807, 2.05) is 0 Å². The molecule has 0 saturated carbocycles. The SMILES string of the molecule is CCCCCCCCCCCC(C)OC(=O)c1cc(C(=O)O)ccc1C(=O)O. The first-order chi connectivity index (χ1) is 13.4. The number of aromatic carboxylic acids is 2. The molecule has 0 fully saturated rings. The summed E-state index contributed by atoms with van der Waals surface area (Å²) in [6.07, 6.45) is 11.2. The molecular formula is C22H32O6. The average Bonchev–Trinajstić information content (AvgIpc) is 2.65. The standard InChI is InChI=1S/C22H32O6/c1-3-4-5-6-7-8-9-10-11-12-16(2)28-22(27)19-15-17(20(23)24)13-14-18(19)21(25)26/h13-16H,3-12H2,1-2H3,(H,23,24)(H,25,26). The third-order valence-electron chi connectivity index (χ3n) is 4.74. The first kappa shape index (κ1) is 23.7. The number of rotatable bonds is 14. The lowest BCUT2D eigenvalue weighted by Crippen LogP contribution is -2.18. The number of esters is 1. The molecule has 28 heavy (non-hydrogen) atoms. The Bertz CT molecular complexity index is 652. The molecule has 0 amide bonds. The zero-order valence-corrected chi connectivity index (χ0v) is 16.9. The highest BCUT2D eigenvalue weighted by Gasteiger charge is 2.21. The summed E-state index contributed by atoms with van der Waals surface area (Å²) in [6.45, 7) is 3.98. The highest BCUT2D eigenvalue weighted by molar-refractivity contribution is 6.04. The minimum absolute atomic E-state index is 0.150. The summed E-state index contributed by atoms with van der Waals surface area (Å²) in [5, 5.41) is 18.3. The molecule has 156 valence electrons. The minimum Gasteiger partial charge on any atom is -0.478 e. The van der Waals surface area contributed by atoms with E-state index in [9.17, 15) is 19.5 Å². The molecule has 1 aromatic rings. The van der Waals surface area contributed by atoms with E-state index in [1.54, 1.807) is 6.92 Å². The van der Waals surface area contributed by atoms with Crippen LogP contribution in [0.5, 0.6) is 0 Å². The van der Waals surface area contributed by atoms with Crippen LogP contribution in [0.2, 0.25) is 0 Å². The normalized spacial score (nSPS) is 11.8. The van der Waals surface area contributed by atoms with Gasteiger partial charge >= 0.3 is 17.9 Å². The summed E-state index contributed by atoms with van der Waals surface area (Å²) in [5.74, 6) is -3.33. The largest absolute Gasteiger partial charge is 0.478 e. The summed E-state index contributed by atoms with van der Waals surface area (Å²) < 4.78 is 5.34. The van der Waals surface area contributed by atoms with Crippen LogP contribution in [0, 0.1) is 0 Å². The van der Waals surface area contributed by atoms with Crippen molar-refractivity contribution in [1.29, 1.82) is 0 Å². The van der Waals surface area contributed by atoms with Gasteiger partial charge in [-0.1, -0.05) is 58.3 Å². The molecule has 0 aliphatic rings. The third kappa shape index (κ3) is 8.55. The van der Waals surface area contributed by atoms with Crippen molar-refractivity contribution in [2.75, 3.05) is 0 Å². The highest BCUT2D eigenvalue weighted by atomic mass is 16.5. The lowest BCUT2D eigenvalue weighted by atomic mass is 10.0. The van der Waals surface area contributed by atoms with E-state index >= 15 is 0 Å². The Hall–Kier alpha value is -2.37. The van der Waals surface area contributed by atoms with Crippen LogP contribution in [-0.4, -0.2) is 34.2 Å². The van der Waals surface area contributed by atoms with E-state index in [4.69, 9.17) is 9.84 Å². The van der Waals surface area contributed by atoms with E-state index in [1.165, 1.54) is 38.5 Å². The quantitative estimate of drug-likeness (QED) is 0.318. The van der Waals surface area contributed by atoms with Crippen LogP contribution in [0.1, 0.15) is 109 Å². The number of carboxylic acid groups (broad SMARTS) is 2. The van der Waals surface area contributed by atoms with Crippen molar-refractivity contribution in [3.8, 4) is 0 Å². The fourth-order valence-electron chi connectivity index (χ4n) is 3.08. The van der Waals surface area contributed by atoms with E-state index in [0.29, 0.717) is 6.42 Å². The second-order valence-corrected chi connectivity index (χ2v) is 7.20. The smallest absolute Gasteiger partial charge is 0.339 e. The van der Waals surface area contributed by atoms with Gasteiger partial charge in [0.25, 0.3) is 0 Å². The zero-order chi connectivity index (χ0) is 20.9. The van der Waals surface area contributed by atoms with Gasteiger partial charge in [0.2, 0.25) is 0 Å². The number of hydrogen-bond donors (Lipinski definition) is 2. The molecule has 0 heterocycles. The van der Waals surface area contributed by atoms with Gasteiger partial charge in [0.1, 0.15) is 0 Å². The number of hydrogen-bond acceptors (Lipinski definition) is 4. The monoisotopic (exact) mass is 392 g/mol. The second-order valence-electron chi connectivity index (χ2n) is 7.20. The molecule has 6 nitrogen and oxygen atoms in total. The Morgan fingerprint density at radius 3 is 1.96 bits per heavy atom. The Balaban J connectivity index is 2.43. The number of unbranched alkanes of at least 4 members (excludes halogenated alkanes) is 8. The topological polar surface area (TPSA) is 101 Å². The average molecular weight is 392 g/mol. The van der Waals surface area contributed by atoms with Crippen LogP contribution in [0.15, 0.2) is 18.2 Å². The van der Waals surface area contributed by atoms with Crippen LogP contribution in [-0.2, 0) is 4.74 Å². The van der Waals surface area contributed by atoms with Gasteiger partial charge in [-0.2, -0.15) is 0 Å². The first-order valence-electron chi connectivity index (χ1n) is 10.2. The van der Waals surface area contributed by atoms with Gasteiger partial charge in [-0.3, -0.25) is 0 Å². The van der Waals surface area contributed by atoms with Gasteiger partial charge < -0.3 is 14.9 Å². The molecule has 0 aliphatic heterocycles. The van der Waals surface area contributed by atoms with Crippen molar-refractivity contribution < 1.29 is 29.3 Å². The maximum Gasteiger partial charge on any atom is 0.339 e. The third-order valence-corrected chi connectivity index (χ3v) is 4.74. The van der Waals surface area contributed by atoms with E-state index in [2.05, 4.69) is 6.92 Å². The van der Waals surface area contributed by atoms with Crippen molar-refractivity contribution in [1.82, 2.24) is 0 Å². The minimum atomic E-state index is -1.30. The van der Waals surface area contributed by atoms with Crippen molar-refractivity contribution in [2.24, 2.45) is 0 Å². The number of carbonyl (C=O) groups is 3. The molecular weight excluding hydrogens is 360 g/mol. The molecule has 6 heteroatoms. The molecule has 2 N–H and O–H groups in total. The van der Waals surface area contributed by atoms with E-state index in [-0.39, 0.29) is 22.8 Å². The number of benzene rings is 1. The van der Waals surface area contributed by atoms with Crippen LogP contribution in [0.4, 0.5) is 0 Å². The Morgan fingerprint density at radius 1 is 0.857 bits per heavy atom. The predicted octanol–water partition coefficient (Wildman–Crippen LogP) is 5.55. The Kier molecular flexibility index (Phi) is 10.9. The molecule has 0 bridgehead atoms. The van der Waals surface area contributed by atoms with Gasteiger partial charge in [0, 0.05) is 0 Å². The van der Waals surface area contributed by atoms with E-state index in [0.717, 1.165) is 37.5 Å². The fraction of sp³-hybridized carbons (Fsp3) is 0.591. The maximum atomic E-state index is 12.3. The lowest BCUT2D eigenvalue weighted by Gasteiger charge is -2.14. The first-order valence-corrected chi connectivity index (χ1v) is 10.2. The molecule has 0 aromatic heterocycles. The summed E-state index contributed by atoms with van der Waals surface area (Å²) in [5.41, 5.74) is -0.639. The Labute approximate surface area is 166 Å². The zero-order valence-electron chi connectivity index (χ0n) is 16.9. The van der Waals surface area contributed by atoms with Gasteiger partial charge in [-0.15, -0.1) is 0 Å². The summed E-state index contributed by atoms with van der Waals surface area (Å²) >= 11 is 0. The summed E-state index contributed by atoms with van der Waals surface area (Å²) in [4.78, 5) is 34.7. The van der Waals surface area contributed by atoms with Crippen molar-refractivity contribution >= 4 is 17.9 Å². The maximum absolute atomic E-state index is 12.3. The van der Waals surface area contributed by atoms with Crippen molar-refractivity contribution in [2.45, 2.75) is 84.2 Å². The van der Waals surface area contributed by atoms with Crippen LogP contribution < -0.4 is 0 Å². The summed E-state index contributed by atoms with van der Waals surface area (Å²) in [7, 11) is 0. The molecule has 0 aliphatic carbocycles. The molecule has 0 saturated heterocycles. The van der Waals surface area contributed by atoms with Gasteiger partial charge in [0.15, 0.2) is 0 Å². The van der Waals surface area contributed by atoms with E-state index < -0.39 is 17.9 Å². The molecule has 1 rings (SSSR count). The second kappa shape index (κ2) is 12.9. The number of carbonyl (C=O) groups excluding carboxylic acids is 1. The molecule has 0 radical (unpaired) electrons. The number of carboxylic acids is 2. The molecule has 0 spiro atoms. The fourth-order valence-corrected chi connectivity index (χ4v) is 3.08. The summed E-state index contributed by atoms with van der Waals surface area (Å²) in [6, 6.07) is 3.33. The van der Waals surface area contributed by atoms with Gasteiger partial charge in [-0.05, 0) is 38.0 Å². The lowest BCUT2D eigenvalue weighted by molar-refractivity contribution is 0.0313. The van der Waals surface area contributed by atoms with Gasteiger partial charge in [0.05, 0.1) is 22.8 Å². The van der Waals surface area contributed by atoms with Crippen LogP contribution in [0.3, 0.4) is 0 Å². The van der Waals surface area contributed by atoms with Crippen molar-refractivity contribution in [3.05, 3.63) is 34.9 Å². The van der Waals surface area contributed by atoms with Crippen LogP contribution >= 0.6 is 0 Å². The van der Waals surface area contributed by atoms with Crippen molar-refractivity contribution in [3.63, 3.8) is 0 Å². The highest BCUT2D eigenvalue weighted by Crippen LogP contribution is 2.17.